The third-order valence-corrected chi connectivity index (χ3v) is 7.50. The molecule has 190 valence electrons. The van der Waals surface area contributed by atoms with E-state index in [4.69, 9.17) is 15.0 Å². The maximum Gasteiger partial charge on any atom is 0.321 e. The molecule has 1 aliphatic rings. The first-order chi connectivity index (χ1) is 18.1. The molecule has 2 amide bonds. The summed E-state index contributed by atoms with van der Waals surface area (Å²) in [5, 5.41) is 14.2. The molecule has 0 spiro atoms. The van der Waals surface area contributed by atoms with Gasteiger partial charge in [0.1, 0.15) is 0 Å². The Morgan fingerprint density at radius 2 is 1.89 bits per heavy atom. The van der Waals surface area contributed by atoms with E-state index in [0.717, 1.165) is 54.8 Å². The fraction of sp³-hybridized carbons (Fsp3) is 0.321. The number of urea groups is 1. The molecule has 1 saturated heterocycles. The number of nitrogens with zero attached hydrogens (tertiary/aromatic N) is 5. The van der Waals surface area contributed by atoms with E-state index >= 15 is 0 Å². The van der Waals surface area contributed by atoms with Crippen LogP contribution in [0.25, 0.3) is 16.2 Å². The molecule has 2 aromatic carbocycles. The summed E-state index contributed by atoms with van der Waals surface area (Å²) >= 11 is 1.62. The number of nitriles is 1. The number of aromatic nitrogens is 2. The summed E-state index contributed by atoms with van der Waals surface area (Å²) in [4.78, 5) is 23.2. The molecule has 8 nitrogen and oxygen atoms in total. The van der Waals surface area contributed by atoms with Crippen LogP contribution in [0.1, 0.15) is 16.8 Å². The minimum Gasteiger partial charge on any atom is -0.379 e. The van der Waals surface area contributed by atoms with Gasteiger partial charge in [0.15, 0.2) is 4.96 Å². The first kappa shape index (κ1) is 25.0. The van der Waals surface area contributed by atoms with E-state index in [1.165, 1.54) is 5.56 Å². The number of aryl methyl sites for hydroxylation is 1. The van der Waals surface area contributed by atoms with Crippen molar-refractivity contribution in [2.45, 2.75) is 13.3 Å². The predicted octanol–water partition coefficient (Wildman–Crippen LogP) is 4.65. The van der Waals surface area contributed by atoms with Gasteiger partial charge in [-0.15, -0.1) is 11.3 Å². The van der Waals surface area contributed by atoms with Crippen molar-refractivity contribution in [3.63, 3.8) is 0 Å². The normalized spacial score (nSPS) is 13.9. The molecule has 37 heavy (non-hydrogen) atoms. The van der Waals surface area contributed by atoms with Gasteiger partial charge < -0.3 is 15.0 Å². The Hall–Kier alpha value is -3.71. The number of thiazole rings is 1. The lowest BCUT2D eigenvalue weighted by Crippen LogP contribution is -2.45. The summed E-state index contributed by atoms with van der Waals surface area (Å²) in [6, 6.07) is 17.3. The largest absolute Gasteiger partial charge is 0.379 e. The molecule has 2 aromatic heterocycles. The van der Waals surface area contributed by atoms with Crippen LogP contribution in [-0.4, -0.2) is 71.2 Å². The molecule has 1 aliphatic heterocycles. The number of amides is 2. The van der Waals surface area contributed by atoms with Crippen LogP contribution in [0.5, 0.6) is 0 Å². The van der Waals surface area contributed by atoms with Crippen molar-refractivity contribution >= 4 is 28.0 Å². The lowest BCUT2D eigenvalue weighted by atomic mass is 10.1. The fourth-order valence-corrected chi connectivity index (χ4v) is 5.26. The zero-order valence-corrected chi connectivity index (χ0v) is 21.7. The molecule has 0 atom stereocenters. The van der Waals surface area contributed by atoms with E-state index < -0.39 is 0 Å². The van der Waals surface area contributed by atoms with Gasteiger partial charge in [-0.2, -0.15) is 5.26 Å². The Morgan fingerprint density at radius 3 is 2.62 bits per heavy atom. The zero-order chi connectivity index (χ0) is 25.6. The smallest absolute Gasteiger partial charge is 0.321 e. The number of imidazole rings is 1. The fourth-order valence-electron chi connectivity index (χ4n) is 4.35. The number of carbonyl (C=O) groups is 1. The second-order valence-corrected chi connectivity index (χ2v) is 10.0. The molecule has 0 unspecified atom stereocenters. The summed E-state index contributed by atoms with van der Waals surface area (Å²) in [7, 11) is 0. The van der Waals surface area contributed by atoms with Crippen LogP contribution in [0.2, 0.25) is 0 Å². The summed E-state index contributed by atoms with van der Waals surface area (Å²) in [6.45, 7) is 7.30. The summed E-state index contributed by atoms with van der Waals surface area (Å²) in [5.74, 6) is 0. The first-order valence-corrected chi connectivity index (χ1v) is 13.4. The standard InChI is InChI=1S/C28H30N6O2S/c1-21-2-6-23(7-3-21)26-19-34-25(20-37-28(34)31-26)10-11-33(13-12-32-14-16-36-17-15-32)27(35)30-24-8-4-22(18-29)5-9-24/h2-9,19-20H,10-17H2,1H3,(H,30,35). The number of hydrogen-bond acceptors (Lipinski definition) is 6. The Labute approximate surface area is 220 Å². The Bertz CT molecular complexity index is 1380. The van der Waals surface area contributed by atoms with Crippen LogP contribution in [0.3, 0.4) is 0 Å². The summed E-state index contributed by atoms with van der Waals surface area (Å²) in [5.41, 5.74) is 5.65. The second-order valence-electron chi connectivity index (χ2n) is 9.18. The average molecular weight is 515 g/mol. The maximum atomic E-state index is 13.3. The number of fused-ring (bicyclic) bond motifs is 1. The van der Waals surface area contributed by atoms with Crippen LogP contribution in [-0.2, 0) is 11.2 Å². The molecular weight excluding hydrogens is 484 g/mol. The van der Waals surface area contributed by atoms with Gasteiger partial charge in [-0.05, 0) is 31.2 Å². The molecule has 3 heterocycles. The van der Waals surface area contributed by atoms with Crippen molar-refractivity contribution in [1.82, 2.24) is 19.2 Å². The van der Waals surface area contributed by atoms with Gasteiger partial charge in [-0.25, -0.2) is 9.78 Å². The number of morpholine rings is 1. The van der Waals surface area contributed by atoms with Gasteiger partial charge in [-0.1, -0.05) is 29.8 Å². The van der Waals surface area contributed by atoms with Crippen molar-refractivity contribution in [1.29, 1.82) is 5.26 Å². The van der Waals surface area contributed by atoms with Gasteiger partial charge in [-0.3, -0.25) is 9.30 Å². The number of hydrogen-bond donors (Lipinski definition) is 1. The summed E-state index contributed by atoms with van der Waals surface area (Å²) in [6.07, 6.45) is 2.80. The van der Waals surface area contributed by atoms with Crippen LogP contribution >= 0.6 is 11.3 Å². The lowest BCUT2D eigenvalue weighted by molar-refractivity contribution is 0.0352. The first-order valence-electron chi connectivity index (χ1n) is 12.5. The van der Waals surface area contributed by atoms with Crippen LogP contribution in [0.15, 0.2) is 60.1 Å². The predicted molar refractivity (Wildman–Crippen MR) is 146 cm³/mol. The number of nitrogens with one attached hydrogen (secondary N) is 1. The van der Waals surface area contributed by atoms with Crippen LogP contribution in [0.4, 0.5) is 10.5 Å². The SMILES string of the molecule is Cc1ccc(-c2cn3c(CCN(CCN4CCOCC4)C(=O)Nc4ccc(C#N)cc4)csc3n2)cc1. The van der Waals surface area contributed by atoms with Crippen molar-refractivity contribution in [2.24, 2.45) is 0 Å². The highest BCUT2D eigenvalue weighted by atomic mass is 32.1. The zero-order valence-electron chi connectivity index (χ0n) is 20.9. The third kappa shape index (κ3) is 6.17. The van der Waals surface area contributed by atoms with Gasteiger partial charge in [0.25, 0.3) is 0 Å². The van der Waals surface area contributed by atoms with E-state index in [9.17, 15) is 4.79 Å². The minimum absolute atomic E-state index is 0.143. The van der Waals surface area contributed by atoms with Crippen molar-refractivity contribution in [3.05, 3.63) is 76.9 Å². The summed E-state index contributed by atoms with van der Waals surface area (Å²) < 4.78 is 7.60. The average Bonchev–Trinajstić information content (AvgIpc) is 3.52. The van der Waals surface area contributed by atoms with Crippen LogP contribution < -0.4 is 5.32 Å². The Balaban J connectivity index is 1.29. The van der Waals surface area contributed by atoms with Gasteiger partial charge in [0, 0.05) is 67.7 Å². The number of anilines is 1. The number of carbonyl (C=O) groups excluding carboxylic acids is 1. The van der Waals surface area contributed by atoms with E-state index in [-0.39, 0.29) is 6.03 Å². The van der Waals surface area contributed by atoms with Crippen molar-refractivity contribution < 1.29 is 9.53 Å². The van der Waals surface area contributed by atoms with E-state index in [0.29, 0.717) is 30.8 Å². The highest BCUT2D eigenvalue weighted by Gasteiger charge is 2.18. The minimum atomic E-state index is -0.143. The molecule has 0 aliphatic carbocycles. The molecule has 1 fully saturated rings. The van der Waals surface area contributed by atoms with Gasteiger partial charge in [0.05, 0.1) is 30.5 Å². The molecule has 1 N–H and O–H groups in total. The highest BCUT2D eigenvalue weighted by Crippen LogP contribution is 2.24. The molecule has 9 heteroatoms. The Morgan fingerprint density at radius 1 is 1.14 bits per heavy atom. The van der Waals surface area contributed by atoms with Gasteiger partial charge >= 0.3 is 6.03 Å². The van der Waals surface area contributed by atoms with Crippen molar-refractivity contribution in [2.75, 3.05) is 51.3 Å². The van der Waals surface area contributed by atoms with Gasteiger partial charge in [0.2, 0.25) is 0 Å². The molecule has 4 aromatic rings. The highest BCUT2D eigenvalue weighted by molar-refractivity contribution is 7.15. The topological polar surface area (TPSA) is 85.9 Å². The molecule has 0 bridgehead atoms. The van der Waals surface area contributed by atoms with Crippen LogP contribution in [0, 0.1) is 18.3 Å². The van der Waals surface area contributed by atoms with E-state index in [2.05, 4.69) is 63.5 Å². The second kappa shape index (κ2) is 11.6. The Kier molecular flexibility index (Phi) is 7.80. The van der Waals surface area contributed by atoms with E-state index in [1.54, 1.807) is 35.6 Å². The van der Waals surface area contributed by atoms with E-state index in [1.807, 2.05) is 4.90 Å². The molecule has 5 rings (SSSR count). The molecule has 0 radical (unpaired) electrons. The molecule has 0 saturated carbocycles. The maximum absolute atomic E-state index is 13.3. The lowest BCUT2D eigenvalue weighted by Gasteiger charge is -2.30. The monoisotopic (exact) mass is 514 g/mol. The number of benzene rings is 2. The van der Waals surface area contributed by atoms with Crippen molar-refractivity contribution in [3.8, 4) is 17.3 Å². The number of ether oxygens (including phenoxy) is 1. The number of rotatable bonds is 8. The quantitative estimate of drug-likeness (QED) is 0.370. The third-order valence-electron chi connectivity index (χ3n) is 6.61. The molecular formula is C28H30N6O2S.